The molecule has 0 aliphatic carbocycles. The van der Waals surface area contributed by atoms with Gasteiger partial charge in [0.25, 0.3) is 0 Å². The van der Waals surface area contributed by atoms with Crippen molar-refractivity contribution in [1.82, 2.24) is 10.6 Å². The Hall–Kier alpha value is -2.86. The standard InChI is InChI=1S/C19H22N2O4/c1-25-16-9-5-6-14(12-16)13-21-19(24)18(23)20-11-10-17(22)15-7-3-2-4-8-15/h2-9,12,17,22H,10-11,13H2,1H3,(H,20,23)(H,21,24). The minimum atomic E-state index is -0.719. The highest BCUT2D eigenvalue weighted by atomic mass is 16.5. The van der Waals surface area contributed by atoms with Gasteiger partial charge in [-0.05, 0) is 29.7 Å². The van der Waals surface area contributed by atoms with Crippen LogP contribution in [0, 0.1) is 0 Å². The monoisotopic (exact) mass is 342 g/mol. The maximum atomic E-state index is 11.8. The van der Waals surface area contributed by atoms with Crippen molar-refractivity contribution in [3.8, 4) is 5.75 Å². The van der Waals surface area contributed by atoms with E-state index in [1.54, 1.807) is 19.2 Å². The first-order valence-electron chi connectivity index (χ1n) is 8.02. The maximum absolute atomic E-state index is 11.8. The number of amides is 2. The van der Waals surface area contributed by atoms with Crippen molar-refractivity contribution in [2.24, 2.45) is 0 Å². The van der Waals surface area contributed by atoms with Crippen LogP contribution in [-0.4, -0.2) is 30.6 Å². The van der Waals surface area contributed by atoms with E-state index in [2.05, 4.69) is 10.6 Å². The molecule has 1 unspecified atom stereocenters. The zero-order valence-corrected chi connectivity index (χ0v) is 14.1. The third-order valence-electron chi connectivity index (χ3n) is 3.68. The minimum absolute atomic E-state index is 0.210. The van der Waals surface area contributed by atoms with Gasteiger partial charge in [-0.3, -0.25) is 9.59 Å². The second-order valence-corrected chi connectivity index (χ2v) is 5.51. The van der Waals surface area contributed by atoms with E-state index in [-0.39, 0.29) is 13.1 Å². The van der Waals surface area contributed by atoms with Gasteiger partial charge in [-0.1, -0.05) is 42.5 Å². The molecule has 0 fully saturated rings. The van der Waals surface area contributed by atoms with Gasteiger partial charge in [0.2, 0.25) is 0 Å². The Morgan fingerprint density at radius 3 is 2.48 bits per heavy atom. The lowest BCUT2D eigenvalue weighted by molar-refractivity contribution is -0.139. The van der Waals surface area contributed by atoms with Crippen LogP contribution in [0.5, 0.6) is 5.75 Å². The maximum Gasteiger partial charge on any atom is 0.309 e. The number of aliphatic hydroxyl groups excluding tert-OH is 1. The van der Waals surface area contributed by atoms with Crippen LogP contribution in [0.3, 0.4) is 0 Å². The molecular formula is C19H22N2O4. The number of hydrogen-bond acceptors (Lipinski definition) is 4. The largest absolute Gasteiger partial charge is 0.497 e. The van der Waals surface area contributed by atoms with Crippen LogP contribution >= 0.6 is 0 Å². The predicted molar refractivity (Wildman–Crippen MR) is 93.9 cm³/mol. The third kappa shape index (κ3) is 5.93. The van der Waals surface area contributed by atoms with Crippen molar-refractivity contribution in [3.05, 3.63) is 65.7 Å². The average molecular weight is 342 g/mol. The lowest BCUT2D eigenvalue weighted by Crippen LogP contribution is -2.40. The molecule has 6 nitrogen and oxygen atoms in total. The van der Waals surface area contributed by atoms with Crippen molar-refractivity contribution in [1.29, 1.82) is 0 Å². The van der Waals surface area contributed by atoms with Gasteiger partial charge in [0.1, 0.15) is 5.75 Å². The molecule has 0 heterocycles. The van der Waals surface area contributed by atoms with Crippen LogP contribution in [0.15, 0.2) is 54.6 Å². The fourth-order valence-corrected chi connectivity index (χ4v) is 2.29. The average Bonchev–Trinajstić information content (AvgIpc) is 2.66. The highest BCUT2D eigenvalue weighted by Crippen LogP contribution is 2.15. The summed E-state index contributed by atoms with van der Waals surface area (Å²) in [4.78, 5) is 23.6. The van der Waals surface area contributed by atoms with E-state index in [0.29, 0.717) is 12.2 Å². The number of rotatable bonds is 7. The highest BCUT2D eigenvalue weighted by molar-refractivity contribution is 6.35. The molecule has 0 bridgehead atoms. The van der Waals surface area contributed by atoms with Gasteiger partial charge in [0, 0.05) is 13.1 Å². The molecule has 0 spiro atoms. The molecule has 25 heavy (non-hydrogen) atoms. The van der Waals surface area contributed by atoms with E-state index in [9.17, 15) is 14.7 Å². The smallest absolute Gasteiger partial charge is 0.309 e. The summed E-state index contributed by atoms with van der Waals surface area (Å²) in [6.07, 6.45) is -0.347. The van der Waals surface area contributed by atoms with Crippen LogP contribution in [0.2, 0.25) is 0 Å². The molecule has 2 aromatic rings. The van der Waals surface area contributed by atoms with Crippen LogP contribution in [0.4, 0.5) is 0 Å². The number of aliphatic hydroxyl groups is 1. The van der Waals surface area contributed by atoms with Crippen LogP contribution < -0.4 is 15.4 Å². The summed E-state index contributed by atoms with van der Waals surface area (Å²) in [6, 6.07) is 16.4. The Morgan fingerprint density at radius 2 is 1.76 bits per heavy atom. The van der Waals surface area contributed by atoms with E-state index >= 15 is 0 Å². The highest BCUT2D eigenvalue weighted by Gasteiger charge is 2.14. The van der Waals surface area contributed by atoms with E-state index in [0.717, 1.165) is 11.1 Å². The van der Waals surface area contributed by atoms with Crippen molar-refractivity contribution in [3.63, 3.8) is 0 Å². The summed E-state index contributed by atoms with van der Waals surface area (Å²) in [5.41, 5.74) is 1.61. The van der Waals surface area contributed by atoms with E-state index in [4.69, 9.17) is 4.74 Å². The minimum Gasteiger partial charge on any atom is -0.497 e. The van der Waals surface area contributed by atoms with E-state index < -0.39 is 17.9 Å². The summed E-state index contributed by atoms with van der Waals surface area (Å²) < 4.78 is 5.11. The Balaban J connectivity index is 1.72. The number of methoxy groups -OCH3 is 1. The quantitative estimate of drug-likeness (QED) is 0.666. The number of hydrogen-bond donors (Lipinski definition) is 3. The first kappa shape index (κ1) is 18.5. The zero-order valence-electron chi connectivity index (χ0n) is 14.1. The molecule has 0 aliphatic heterocycles. The first-order chi connectivity index (χ1) is 12.1. The Labute approximate surface area is 146 Å². The summed E-state index contributed by atoms with van der Waals surface area (Å²) in [7, 11) is 1.56. The van der Waals surface area contributed by atoms with Crippen molar-refractivity contribution < 1.29 is 19.4 Å². The zero-order chi connectivity index (χ0) is 18.1. The molecule has 0 saturated heterocycles. The molecule has 2 amide bonds. The number of ether oxygens (including phenoxy) is 1. The van der Waals surface area contributed by atoms with Crippen molar-refractivity contribution >= 4 is 11.8 Å². The lowest BCUT2D eigenvalue weighted by atomic mass is 10.1. The Morgan fingerprint density at radius 1 is 1.04 bits per heavy atom. The normalized spacial score (nSPS) is 11.4. The van der Waals surface area contributed by atoms with Gasteiger partial charge in [0.05, 0.1) is 13.2 Å². The third-order valence-corrected chi connectivity index (χ3v) is 3.68. The van der Waals surface area contributed by atoms with Gasteiger partial charge >= 0.3 is 11.8 Å². The fraction of sp³-hybridized carbons (Fsp3) is 0.263. The molecule has 1 atom stereocenters. The first-order valence-corrected chi connectivity index (χ1v) is 8.02. The molecule has 0 aromatic heterocycles. The van der Waals surface area contributed by atoms with Crippen LogP contribution in [0.1, 0.15) is 23.7 Å². The number of carbonyl (C=O) groups excluding carboxylic acids is 2. The van der Waals surface area contributed by atoms with Gasteiger partial charge in [0.15, 0.2) is 0 Å². The number of carbonyl (C=O) groups is 2. The molecule has 0 radical (unpaired) electrons. The van der Waals surface area contributed by atoms with Crippen LogP contribution in [-0.2, 0) is 16.1 Å². The summed E-state index contributed by atoms with van der Waals surface area (Å²) in [5, 5.41) is 15.1. The molecule has 2 aromatic carbocycles. The van der Waals surface area contributed by atoms with Gasteiger partial charge in [-0.2, -0.15) is 0 Å². The molecule has 132 valence electrons. The molecule has 3 N–H and O–H groups in total. The second kappa shape index (κ2) is 9.44. The topological polar surface area (TPSA) is 87.7 Å². The summed E-state index contributed by atoms with van der Waals surface area (Å²) in [5.74, 6) is -0.744. The van der Waals surface area contributed by atoms with Gasteiger partial charge < -0.3 is 20.5 Å². The molecule has 6 heteroatoms. The van der Waals surface area contributed by atoms with Crippen LogP contribution in [0.25, 0.3) is 0 Å². The van der Waals surface area contributed by atoms with E-state index in [1.165, 1.54) is 0 Å². The van der Waals surface area contributed by atoms with Crippen molar-refractivity contribution in [2.45, 2.75) is 19.1 Å². The fourth-order valence-electron chi connectivity index (χ4n) is 2.29. The molecule has 0 aliphatic rings. The number of benzene rings is 2. The van der Waals surface area contributed by atoms with E-state index in [1.807, 2.05) is 42.5 Å². The lowest BCUT2D eigenvalue weighted by Gasteiger charge is -2.11. The SMILES string of the molecule is COc1cccc(CNC(=O)C(=O)NCCC(O)c2ccccc2)c1. The van der Waals surface area contributed by atoms with Crippen molar-refractivity contribution in [2.75, 3.05) is 13.7 Å². The summed E-state index contributed by atoms with van der Waals surface area (Å²) in [6.45, 7) is 0.442. The molecular weight excluding hydrogens is 320 g/mol. The second-order valence-electron chi connectivity index (χ2n) is 5.51. The molecule has 2 rings (SSSR count). The van der Waals surface area contributed by atoms with Gasteiger partial charge in [-0.15, -0.1) is 0 Å². The summed E-state index contributed by atoms with van der Waals surface area (Å²) >= 11 is 0. The van der Waals surface area contributed by atoms with Gasteiger partial charge in [-0.25, -0.2) is 0 Å². The predicted octanol–water partition coefficient (Wildman–Crippen LogP) is 1.55. The Kier molecular flexibility index (Phi) is 6.98. The number of nitrogens with one attached hydrogen (secondary N) is 2. The Bertz CT molecular complexity index is 704. The molecule has 0 saturated carbocycles.